The minimum Gasteiger partial charge on any atom is -0.316 e. The molecule has 0 fully saturated rings. The topological polar surface area (TPSA) is 12.0 Å². The van der Waals surface area contributed by atoms with Crippen molar-refractivity contribution in [2.24, 2.45) is 0 Å². The van der Waals surface area contributed by atoms with Crippen LogP contribution in [0.2, 0.25) is 0 Å². The zero-order chi connectivity index (χ0) is 9.26. The molecule has 1 aromatic rings. The van der Waals surface area contributed by atoms with Crippen molar-refractivity contribution in [2.75, 3.05) is 7.05 Å². The number of hydrogen-bond acceptors (Lipinski definition) is 2. The van der Waals surface area contributed by atoms with E-state index in [0.29, 0.717) is 11.3 Å². The predicted molar refractivity (Wildman–Crippen MR) is 58.3 cm³/mol. The van der Waals surface area contributed by atoms with Gasteiger partial charge in [0.1, 0.15) is 0 Å². The first-order chi connectivity index (χ1) is 6.31. The fourth-order valence-corrected chi connectivity index (χ4v) is 3.06. The summed E-state index contributed by atoms with van der Waals surface area (Å²) in [4.78, 5) is 1.47. The average molecular weight is 193 g/mol. The van der Waals surface area contributed by atoms with Gasteiger partial charge in [-0.05, 0) is 32.0 Å². The first-order valence-electron chi connectivity index (χ1n) is 4.73. The largest absolute Gasteiger partial charge is 0.316 e. The highest BCUT2D eigenvalue weighted by atomic mass is 32.2. The maximum atomic E-state index is 3.32. The first kappa shape index (κ1) is 9.10. The number of nitrogens with one attached hydrogen (secondary N) is 1. The number of fused-ring (bicyclic) bond motifs is 1. The van der Waals surface area contributed by atoms with Crippen LogP contribution in [0.4, 0.5) is 0 Å². The lowest BCUT2D eigenvalue weighted by molar-refractivity contribution is 0.584. The van der Waals surface area contributed by atoms with E-state index in [1.54, 1.807) is 0 Å². The lowest BCUT2D eigenvalue weighted by atomic mass is 10.1. The summed E-state index contributed by atoms with van der Waals surface area (Å²) in [5.41, 5.74) is 1.51. The molecule has 0 aromatic heterocycles. The fourth-order valence-electron chi connectivity index (χ4n) is 1.67. The molecule has 0 amide bonds. The third-order valence-electron chi connectivity index (χ3n) is 2.69. The van der Waals surface area contributed by atoms with Gasteiger partial charge >= 0.3 is 0 Å². The fraction of sp³-hybridized carbons (Fsp3) is 0.455. The van der Waals surface area contributed by atoms with Gasteiger partial charge in [-0.3, -0.25) is 0 Å². The molecule has 1 aliphatic heterocycles. The predicted octanol–water partition coefficient (Wildman–Crippen LogP) is 2.31. The molecule has 0 radical (unpaired) electrons. The van der Waals surface area contributed by atoms with Crippen LogP contribution in [-0.2, 0) is 6.42 Å². The summed E-state index contributed by atoms with van der Waals surface area (Å²) >= 11 is 2.01. The van der Waals surface area contributed by atoms with E-state index in [9.17, 15) is 0 Å². The second-order valence-electron chi connectivity index (χ2n) is 3.55. The molecular weight excluding hydrogens is 178 g/mol. The summed E-state index contributed by atoms with van der Waals surface area (Å²) in [5.74, 6) is 0. The summed E-state index contributed by atoms with van der Waals surface area (Å²) < 4.78 is 0. The SMILES string of the molecule is CNC(C)C1Cc2ccccc2S1. The molecule has 0 saturated carbocycles. The summed E-state index contributed by atoms with van der Waals surface area (Å²) in [6, 6.07) is 9.31. The monoisotopic (exact) mass is 193 g/mol. The number of rotatable bonds is 2. The van der Waals surface area contributed by atoms with E-state index < -0.39 is 0 Å². The molecule has 1 aliphatic rings. The maximum Gasteiger partial charge on any atom is 0.0286 e. The molecule has 70 valence electrons. The molecule has 1 nitrogen and oxygen atoms in total. The summed E-state index contributed by atoms with van der Waals surface area (Å²) in [6.45, 7) is 2.25. The van der Waals surface area contributed by atoms with Crippen LogP contribution in [-0.4, -0.2) is 18.3 Å². The van der Waals surface area contributed by atoms with Gasteiger partial charge in [-0.25, -0.2) is 0 Å². The third-order valence-corrected chi connectivity index (χ3v) is 4.21. The van der Waals surface area contributed by atoms with Gasteiger partial charge in [0.25, 0.3) is 0 Å². The summed E-state index contributed by atoms with van der Waals surface area (Å²) in [5, 5.41) is 4.03. The Bertz CT molecular complexity index is 273. The molecule has 1 aromatic carbocycles. The maximum absolute atomic E-state index is 3.32. The van der Waals surface area contributed by atoms with Gasteiger partial charge in [0, 0.05) is 16.2 Å². The second kappa shape index (κ2) is 3.72. The molecule has 0 spiro atoms. The van der Waals surface area contributed by atoms with E-state index in [-0.39, 0.29) is 0 Å². The van der Waals surface area contributed by atoms with Crippen molar-refractivity contribution in [1.82, 2.24) is 5.32 Å². The zero-order valence-corrected chi connectivity index (χ0v) is 8.90. The zero-order valence-electron chi connectivity index (χ0n) is 8.08. The van der Waals surface area contributed by atoms with Crippen LogP contribution in [0.1, 0.15) is 12.5 Å². The molecule has 1 N–H and O–H groups in total. The smallest absolute Gasteiger partial charge is 0.0286 e. The lowest BCUT2D eigenvalue weighted by Crippen LogP contribution is -2.32. The van der Waals surface area contributed by atoms with E-state index in [1.807, 2.05) is 18.8 Å². The molecule has 1 heterocycles. The highest BCUT2D eigenvalue weighted by molar-refractivity contribution is 8.00. The van der Waals surface area contributed by atoms with Gasteiger partial charge in [0.15, 0.2) is 0 Å². The lowest BCUT2D eigenvalue weighted by Gasteiger charge is -2.16. The van der Waals surface area contributed by atoms with Gasteiger partial charge in [-0.1, -0.05) is 18.2 Å². The number of hydrogen-bond donors (Lipinski definition) is 1. The molecule has 2 atom stereocenters. The van der Waals surface area contributed by atoms with Crippen LogP contribution in [0, 0.1) is 0 Å². The Hall–Kier alpha value is -0.470. The van der Waals surface area contributed by atoms with Crippen LogP contribution in [0.15, 0.2) is 29.2 Å². The molecule has 0 bridgehead atoms. The van der Waals surface area contributed by atoms with Crippen molar-refractivity contribution in [3.63, 3.8) is 0 Å². The van der Waals surface area contributed by atoms with E-state index >= 15 is 0 Å². The molecule has 0 saturated heterocycles. The van der Waals surface area contributed by atoms with Crippen molar-refractivity contribution in [3.8, 4) is 0 Å². The van der Waals surface area contributed by atoms with Crippen LogP contribution < -0.4 is 5.32 Å². The van der Waals surface area contributed by atoms with Gasteiger partial charge in [0.05, 0.1) is 0 Å². The molecule has 2 unspecified atom stereocenters. The summed E-state index contributed by atoms with van der Waals surface area (Å²) in [7, 11) is 2.04. The van der Waals surface area contributed by atoms with E-state index in [0.717, 1.165) is 0 Å². The summed E-state index contributed by atoms with van der Waals surface area (Å²) in [6.07, 6.45) is 1.21. The first-order valence-corrected chi connectivity index (χ1v) is 5.61. The molecular formula is C11H15NS. The van der Waals surface area contributed by atoms with E-state index in [1.165, 1.54) is 16.9 Å². The van der Waals surface area contributed by atoms with Crippen molar-refractivity contribution in [2.45, 2.75) is 29.5 Å². The minimum atomic E-state index is 0.595. The minimum absolute atomic E-state index is 0.595. The normalized spacial score (nSPS) is 22.8. The van der Waals surface area contributed by atoms with Gasteiger partial charge < -0.3 is 5.32 Å². The highest BCUT2D eigenvalue weighted by Gasteiger charge is 2.25. The third kappa shape index (κ3) is 1.74. The van der Waals surface area contributed by atoms with Crippen LogP contribution in [0.25, 0.3) is 0 Å². The van der Waals surface area contributed by atoms with Crippen LogP contribution in [0.3, 0.4) is 0 Å². The van der Waals surface area contributed by atoms with Gasteiger partial charge in [-0.2, -0.15) is 0 Å². The second-order valence-corrected chi connectivity index (χ2v) is 4.83. The average Bonchev–Trinajstić information content (AvgIpc) is 2.59. The van der Waals surface area contributed by atoms with Crippen molar-refractivity contribution in [1.29, 1.82) is 0 Å². The molecule has 13 heavy (non-hydrogen) atoms. The van der Waals surface area contributed by atoms with Gasteiger partial charge in [0.2, 0.25) is 0 Å². The standard InChI is InChI=1S/C11H15NS/c1-8(12-2)11-7-9-5-3-4-6-10(9)13-11/h3-6,8,11-12H,7H2,1-2H3. The molecule has 2 rings (SSSR count). The Balaban J connectivity index is 2.14. The van der Waals surface area contributed by atoms with E-state index in [4.69, 9.17) is 0 Å². The Morgan fingerprint density at radius 1 is 1.46 bits per heavy atom. The van der Waals surface area contributed by atoms with Crippen molar-refractivity contribution >= 4 is 11.8 Å². The molecule has 2 heteroatoms. The van der Waals surface area contributed by atoms with E-state index in [2.05, 4.69) is 36.5 Å². The van der Waals surface area contributed by atoms with Crippen molar-refractivity contribution < 1.29 is 0 Å². The Labute approximate surface area is 83.9 Å². The molecule has 0 aliphatic carbocycles. The Morgan fingerprint density at radius 3 is 2.92 bits per heavy atom. The van der Waals surface area contributed by atoms with Gasteiger partial charge in [-0.15, -0.1) is 11.8 Å². The Morgan fingerprint density at radius 2 is 2.23 bits per heavy atom. The van der Waals surface area contributed by atoms with Crippen LogP contribution >= 0.6 is 11.8 Å². The number of thioether (sulfide) groups is 1. The number of benzene rings is 1. The quantitative estimate of drug-likeness (QED) is 0.773. The van der Waals surface area contributed by atoms with Crippen LogP contribution in [0.5, 0.6) is 0 Å². The Kier molecular flexibility index (Phi) is 2.61. The van der Waals surface area contributed by atoms with Crippen molar-refractivity contribution in [3.05, 3.63) is 29.8 Å². The highest BCUT2D eigenvalue weighted by Crippen LogP contribution is 2.37.